The third-order valence-electron chi connectivity index (χ3n) is 5.06. The van der Waals surface area contributed by atoms with Crippen molar-refractivity contribution >= 4 is 11.8 Å². The van der Waals surface area contributed by atoms with Gasteiger partial charge in [-0.3, -0.25) is 0 Å². The molecule has 0 unspecified atom stereocenters. The molecule has 1 heterocycles. The van der Waals surface area contributed by atoms with Gasteiger partial charge in [-0.25, -0.2) is 9.55 Å². The Morgan fingerprint density at radius 1 is 0.720 bits per heavy atom. The van der Waals surface area contributed by atoms with Crippen molar-refractivity contribution in [2.75, 3.05) is 5.75 Å². The lowest BCUT2D eigenvalue weighted by molar-refractivity contribution is -0.708. The van der Waals surface area contributed by atoms with E-state index in [1.54, 1.807) is 0 Å². The number of aromatic amines is 1. The van der Waals surface area contributed by atoms with Crippen LogP contribution in [0.25, 0.3) is 0 Å². The van der Waals surface area contributed by atoms with E-state index >= 15 is 0 Å². The zero-order chi connectivity index (χ0) is 18.0. The summed E-state index contributed by atoms with van der Waals surface area (Å²) in [6.45, 7) is 2.30. The van der Waals surface area contributed by atoms with Crippen LogP contribution in [0, 0.1) is 0 Å². The summed E-state index contributed by atoms with van der Waals surface area (Å²) in [4.78, 5) is 3.29. The van der Waals surface area contributed by atoms with Crippen LogP contribution in [0.2, 0.25) is 0 Å². The zero-order valence-corrected chi connectivity index (χ0v) is 17.8. The monoisotopic (exact) mass is 367 g/mol. The second-order valence-corrected chi connectivity index (χ2v) is 8.61. The van der Waals surface area contributed by atoms with Crippen LogP contribution in [0.3, 0.4) is 0 Å². The van der Waals surface area contributed by atoms with Crippen molar-refractivity contribution in [1.82, 2.24) is 4.98 Å². The lowest BCUT2D eigenvalue weighted by Crippen LogP contribution is -2.27. The van der Waals surface area contributed by atoms with Gasteiger partial charge < -0.3 is 0 Å². The van der Waals surface area contributed by atoms with Gasteiger partial charge in [-0.1, -0.05) is 103 Å². The summed E-state index contributed by atoms with van der Waals surface area (Å²) in [5.41, 5.74) is 0. The number of hydrogen-bond acceptors (Lipinski definition) is 1. The molecule has 0 saturated carbocycles. The number of rotatable bonds is 18. The van der Waals surface area contributed by atoms with Gasteiger partial charge in [0.15, 0.2) is 0 Å². The van der Waals surface area contributed by atoms with Crippen molar-refractivity contribution in [3.8, 4) is 0 Å². The Morgan fingerprint density at radius 2 is 1.16 bits per heavy atom. The molecule has 0 bridgehead atoms. The maximum atomic E-state index is 3.29. The van der Waals surface area contributed by atoms with Gasteiger partial charge in [0.1, 0.15) is 12.4 Å². The van der Waals surface area contributed by atoms with Crippen molar-refractivity contribution in [2.45, 2.75) is 115 Å². The third-order valence-corrected chi connectivity index (χ3v) is 6.23. The molecule has 1 rings (SSSR count). The Hall–Kier alpha value is -0.440. The summed E-state index contributed by atoms with van der Waals surface area (Å²) in [6, 6.07) is 0. The molecule has 1 N–H and O–H groups in total. The number of unbranched alkanes of at least 4 members (excludes halogenated alkanes) is 15. The fourth-order valence-electron chi connectivity index (χ4n) is 3.35. The summed E-state index contributed by atoms with van der Waals surface area (Å²) in [6.07, 6.45) is 27.2. The normalized spacial score (nSPS) is 11.3. The molecular formula is C22H43N2S+. The molecule has 0 aliphatic rings. The Kier molecular flexibility index (Phi) is 15.4. The second-order valence-electron chi connectivity index (χ2n) is 7.53. The van der Waals surface area contributed by atoms with Crippen LogP contribution >= 0.6 is 11.8 Å². The van der Waals surface area contributed by atoms with E-state index in [-0.39, 0.29) is 0 Å². The molecule has 146 valence electrons. The van der Waals surface area contributed by atoms with Crippen LogP contribution in [-0.2, 0) is 7.05 Å². The first-order valence-corrected chi connectivity index (χ1v) is 12.0. The van der Waals surface area contributed by atoms with E-state index in [9.17, 15) is 0 Å². The van der Waals surface area contributed by atoms with Gasteiger partial charge in [-0.15, -0.1) is 0 Å². The van der Waals surface area contributed by atoms with E-state index < -0.39 is 0 Å². The molecule has 0 aromatic carbocycles. The second kappa shape index (κ2) is 17.0. The minimum absolute atomic E-state index is 1.24. The molecule has 1 aromatic rings. The Labute approximate surface area is 161 Å². The fraction of sp³-hybridized carbons (Fsp3) is 0.864. The van der Waals surface area contributed by atoms with Gasteiger partial charge in [-0.05, 0) is 18.2 Å². The van der Waals surface area contributed by atoms with E-state index in [1.165, 1.54) is 114 Å². The van der Waals surface area contributed by atoms with Crippen molar-refractivity contribution in [3.63, 3.8) is 0 Å². The molecule has 0 amide bonds. The van der Waals surface area contributed by atoms with E-state index in [4.69, 9.17) is 0 Å². The summed E-state index contributed by atoms with van der Waals surface area (Å²) in [5, 5.41) is 1.28. The van der Waals surface area contributed by atoms with Crippen LogP contribution in [0.4, 0.5) is 0 Å². The Bertz CT molecular complexity index is 389. The standard InChI is InChI=1S/C22H42N2S/c1-3-4-5-6-7-8-9-10-11-12-13-14-15-16-17-18-21-25-22-23-19-20-24(22)2/h19-20H,3-18,21H2,1-2H3/p+1. The largest absolute Gasteiger partial charge is 0.315 e. The molecule has 25 heavy (non-hydrogen) atoms. The zero-order valence-electron chi connectivity index (χ0n) is 17.0. The van der Waals surface area contributed by atoms with Gasteiger partial charge in [0.2, 0.25) is 0 Å². The highest BCUT2D eigenvalue weighted by molar-refractivity contribution is 7.99. The molecule has 1 aromatic heterocycles. The fourth-order valence-corrected chi connectivity index (χ4v) is 4.31. The number of aryl methyl sites for hydroxylation is 1. The first-order valence-electron chi connectivity index (χ1n) is 11.0. The molecule has 0 aliphatic heterocycles. The van der Waals surface area contributed by atoms with Gasteiger partial charge in [-0.2, -0.15) is 0 Å². The maximum Gasteiger partial charge on any atom is 0.315 e. The maximum absolute atomic E-state index is 3.29. The van der Waals surface area contributed by atoms with Gasteiger partial charge >= 0.3 is 5.16 Å². The average Bonchev–Trinajstić information content (AvgIpc) is 3.02. The highest BCUT2D eigenvalue weighted by Gasteiger charge is 2.05. The SMILES string of the molecule is CCCCCCCCCCCCCCCCCCSc1[nH]cc[n+]1C. The highest BCUT2D eigenvalue weighted by Crippen LogP contribution is 2.16. The van der Waals surface area contributed by atoms with Crippen molar-refractivity contribution in [1.29, 1.82) is 0 Å². The molecule has 0 fully saturated rings. The molecule has 2 nitrogen and oxygen atoms in total. The number of aromatic nitrogens is 2. The van der Waals surface area contributed by atoms with E-state index in [0.29, 0.717) is 0 Å². The summed E-state index contributed by atoms with van der Waals surface area (Å²) in [5.74, 6) is 1.24. The first kappa shape index (κ1) is 22.6. The summed E-state index contributed by atoms with van der Waals surface area (Å²) < 4.78 is 2.16. The third kappa shape index (κ3) is 13.4. The summed E-state index contributed by atoms with van der Waals surface area (Å²) in [7, 11) is 2.10. The van der Waals surface area contributed by atoms with Gasteiger partial charge in [0.25, 0.3) is 0 Å². The van der Waals surface area contributed by atoms with Crippen LogP contribution < -0.4 is 4.57 Å². The molecule has 0 aliphatic carbocycles. The van der Waals surface area contributed by atoms with Crippen LogP contribution in [0.15, 0.2) is 17.6 Å². The molecule has 0 spiro atoms. The number of thioether (sulfide) groups is 1. The van der Waals surface area contributed by atoms with Crippen LogP contribution in [0.1, 0.15) is 110 Å². The van der Waals surface area contributed by atoms with Crippen molar-refractivity contribution < 1.29 is 4.57 Å². The number of nitrogens with one attached hydrogen (secondary N) is 1. The number of H-pyrrole nitrogens is 1. The highest BCUT2D eigenvalue weighted by atomic mass is 32.2. The first-order chi connectivity index (χ1) is 12.3. The lowest BCUT2D eigenvalue weighted by Gasteiger charge is -2.03. The van der Waals surface area contributed by atoms with Crippen molar-refractivity contribution in [2.24, 2.45) is 7.05 Å². The molecule has 0 radical (unpaired) electrons. The Morgan fingerprint density at radius 3 is 1.56 bits per heavy atom. The quantitative estimate of drug-likeness (QED) is 0.165. The van der Waals surface area contributed by atoms with Crippen LogP contribution in [-0.4, -0.2) is 10.7 Å². The van der Waals surface area contributed by atoms with Crippen molar-refractivity contribution in [3.05, 3.63) is 12.4 Å². The Balaban J connectivity index is 1.70. The average molecular weight is 368 g/mol. The van der Waals surface area contributed by atoms with E-state index in [0.717, 1.165) is 0 Å². The number of hydrogen-bond donors (Lipinski definition) is 1. The smallest absolute Gasteiger partial charge is 0.238 e. The molecule has 0 atom stereocenters. The molecule has 3 heteroatoms. The van der Waals surface area contributed by atoms with Gasteiger partial charge in [0.05, 0.1) is 7.05 Å². The van der Waals surface area contributed by atoms with Crippen LogP contribution in [0.5, 0.6) is 0 Å². The summed E-state index contributed by atoms with van der Waals surface area (Å²) >= 11 is 1.95. The molecular weight excluding hydrogens is 324 g/mol. The predicted octanol–water partition coefficient (Wildman–Crippen LogP) is 7.19. The number of imidazole rings is 1. The lowest BCUT2D eigenvalue weighted by atomic mass is 10.0. The minimum atomic E-state index is 1.24. The van der Waals surface area contributed by atoms with E-state index in [1.807, 2.05) is 18.0 Å². The predicted molar refractivity (Wildman–Crippen MR) is 112 cm³/mol. The topological polar surface area (TPSA) is 19.7 Å². The van der Waals surface area contributed by atoms with Gasteiger partial charge in [0, 0.05) is 5.75 Å². The molecule has 0 saturated heterocycles. The minimum Gasteiger partial charge on any atom is -0.238 e. The van der Waals surface area contributed by atoms with E-state index in [2.05, 4.69) is 29.7 Å². The number of nitrogens with zero attached hydrogens (tertiary/aromatic N) is 1.